The maximum absolute atomic E-state index is 15.7. The van der Waals surface area contributed by atoms with E-state index in [1.807, 2.05) is 45.0 Å². The van der Waals surface area contributed by atoms with E-state index in [1.54, 1.807) is 67.9 Å². The van der Waals surface area contributed by atoms with Crippen LogP contribution in [-0.4, -0.2) is 129 Å². The molecule has 7 atom stereocenters. The summed E-state index contributed by atoms with van der Waals surface area (Å²) in [5, 5.41) is 48.4. The standard InChI is InChI=1S/C60H58ClF2N11O7S/c1-31(2)53(59(78)73-26-39(76)21-49(73)57(77)67-48(28-75)36-16-14-34(15-17-36)40-8-6-7-9-45(40)62)74-27-47(70-71-74)35-12-10-33(11-13-35)30-80-54-51(41-18-19-46(63)55-50(41)43(23-64)58(65-4)82-55)44(61)22-42-52(54)68-60(81-29-32(3)79-5)69-56(42)72-25-37-20-38(72)24-66-37/h6-19,22,27,31-32,37-39,48-49,53,66,75-76H,4,20-21,24-26,28-30H2,1-3,5H3,(H,67,77)/t32-,37-,38-,39+,48-,49-,53-/m0/s1. The van der Waals surface area contributed by atoms with Crippen LogP contribution in [0.2, 0.25) is 5.02 Å². The Labute approximate surface area is 479 Å². The summed E-state index contributed by atoms with van der Waals surface area (Å²) in [6, 6.07) is 25.2. The van der Waals surface area contributed by atoms with Crippen molar-refractivity contribution >= 4 is 73.3 Å². The minimum atomic E-state index is -1.05. The SMILES string of the molecule is C=Nc1sc2c(F)ccc(-c3c(Cl)cc4c(N5C[C@@H]6C[C@H]5CN6)nc(OC[C@H](C)OC)nc4c3OCc3ccc(-c4cn([C@H](C(=O)N5C[C@H](O)C[C@H]5C(=O)N[C@@H](CO)c5ccc(-c6ccccc6F)cc5)C(C)C)nn4)cc3)c2c1C#N. The Morgan fingerprint density at radius 3 is 2.44 bits per heavy atom. The smallest absolute Gasteiger partial charge is 0.319 e. The molecule has 422 valence electrons. The molecule has 0 aliphatic carbocycles. The van der Waals surface area contributed by atoms with Gasteiger partial charge < -0.3 is 44.9 Å². The summed E-state index contributed by atoms with van der Waals surface area (Å²) in [5.41, 5.74) is 4.78. The molecule has 8 aromatic rings. The van der Waals surface area contributed by atoms with Gasteiger partial charge in [0, 0.05) is 72.7 Å². The summed E-state index contributed by atoms with van der Waals surface area (Å²) in [6.07, 6.45) is 1.32. The van der Waals surface area contributed by atoms with Crippen molar-refractivity contribution in [3.63, 3.8) is 0 Å². The van der Waals surface area contributed by atoms with Gasteiger partial charge in [0.2, 0.25) is 11.8 Å². The van der Waals surface area contributed by atoms with E-state index >= 15 is 4.39 Å². The topological polar surface area (TPSA) is 225 Å². The fourth-order valence-electron chi connectivity index (χ4n) is 11.3. The number of fused-ring (bicyclic) bond motifs is 4. The number of hydrogen-bond donors (Lipinski definition) is 4. The van der Waals surface area contributed by atoms with Gasteiger partial charge in [0.15, 0.2) is 5.75 Å². The number of nitrogens with one attached hydrogen (secondary N) is 2. The first kappa shape index (κ1) is 55.9. The molecule has 11 rings (SSSR count). The fourth-order valence-corrected chi connectivity index (χ4v) is 12.5. The van der Waals surface area contributed by atoms with Crippen LogP contribution >= 0.6 is 22.9 Å². The number of nitrogens with zero attached hydrogens (tertiary/aromatic N) is 9. The van der Waals surface area contributed by atoms with Gasteiger partial charge in [-0.2, -0.15) is 15.2 Å². The number of piperazine rings is 1. The Morgan fingerprint density at radius 2 is 1.76 bits per heavy atom. The number of halogens is 3. The lowest BCUT2D eigenvalue weighted by Crippen LogP contribution is -2.50. The summed E-state index contributed by atoms with van der Waals surface area (Å²) >= 11 is 8.41. The van der Waals surface area contributed by atoms with Crippen LogP contribution < -0.4 is 25.0 Å². The highest BCUT2D eigenvalue weighted by atomic mass is 35.5. The van der Waals surface area contributed by atoms with Crippen LogP contribution in [0, 0.1) is 28.9 Å². The van der Waals surface area contributed by atoms with E-state index in [4.69, 9.17) is 35.8 Å². The molecule has 2 bridgehead atoms. The molecule has 0 saturated carbocycles. The van der Waals surface area contributed by atoms with Crippen LogP contribution in [0.1, 0.15) is 62.4 Å². The van der Waals surface area contributed by atoms with Crippen molar-refractivity contribution < 1.29 is 42.8 Å². The number of carbonyl (C=O) groups is 2. The molecule has 3 saturated heterocycles. The summed E-state index contributed by atoms with van der Waals surface area (Å²) in [6.45, 7) is 10.3. The lowest BCUT2D eigenvalue weighted by Gasteiger charge is -2.30. The van der Waals surface area contributed by atoms with Crippen LogP contribution in [0.4, 0.5) is 19.6 Å². The summed E-state index contributed by atoms with van der Waals surface area (Å²) in [5.74, 6) is -1.37. The van der Waals surface area contributed by atoms with Crippen molar-refractivity contribution in [2.24, 2.45) is 10.9 Å². The molecule has 5 aromatic carbocycles. The van der Waals surface area contributed by atoms with E-state index in [2.05, 4.69) is 43.6 Å². The Kier molecular flexibility index (Phi) is 16.0. The first-order valence-corrected chi connectivity index (χ1v) is 28.1. The van der Waals surface area contributed by atoms with Crippen molar-refractivity contribution in [1.82, 2.24) is 40.5 Å². The van der Waals surface area contributed by atoms with Crippen molar-refractivity contribution in [1.29, 1.82) is 5.26 Å². The number of aromatic nitrogens is 5. The van der Waals surface area contributed by atoms with E-state index in [0.717, 1.165) is 29.9 Å². The molecule has 4 N–H and O–H groups in total. The number of benzene rings is 5. The highest BCUT2D eigenvalue weighted by molar-refractivity contribution is 7.23. The van der Waals surface area contributed by atoms with Gasteiger partial charge in [-0.3, -0.25) is 14.6 Å². The average molecular weight is 1150 g/mol. The molecule has 18 nitrogen and oxygen atoms in total. The molecule has 3 fully saturated rings. The Hall–Kier alpha value is -7.97. The number of methoxy groups -OCH3 is 1. The van der Waals surface area contributed by atoms with E-state index in [0.29, 0.717) is 67.7 Å². The molecule has 0 radical (unpaired) electrons. The lowest BCUT2D eigenvalue weighted by atomic mass is 9.96. The molecule has 2 amide bonds. The van der Waals surface area contributed by atoms with Crippen molar-refractivity contribution in [3.05, 3.63) is 131 Å². The molecule has 3 aromatic heterocycles. The molecule has 3 aliphatic rings. The predicted molar refractivity (Wildman–Crippen MR) is 308 cm³/mol. The molecule has 22 heteroatoms. The number of β-amino-alcohol motifs (C(OH)–C–C–N with tert-alkyl or cyclic N) is 1. The Balaban J connectivity index is 0.869. The number of aliphatic hydroxyl groups is 2. The van der Waals surface area contributed by atoms with E-state index in [9.17, 15) is 29.5 Å². The summed E-state index contributed by atoms with van der Waals surface area (Å²) < 4.78 is 50.4. The molecule has 82 heavy (non-hydrogen) atoms. The van der Waals surface area contributed by atoms with Gasteiger partial charge in [-0.25, -0.2) is 13.5 Å². The maximum atomic E-state index is 15.7. The molecule has 0 spiro atoms. The van der Waals surface area contributed by atoms with Crippen LogP contribution in [0.15, 0.2) is 102 Å². The molecular weight excluding hydrogens is 1090 g/mol. The lowest BCUT2D eigenvalue weighted by molar-refractivity contribution is -0.142. The third kappa shape index (κ3) is 10.7. The van der Waals surface area contributed by atoms with E-state index < -0.39 is 48.5 Å². The van der Waals surface area contributed by atoms with E-state index in [1.165, 1.54) is 21.7 Å². The highest BCUT2D eigenvalue weighted by Crippen LogP contribution is 2.51. The van der Waals surface area contributed by atoms with Gasteiger partial charge in [0.1, 0.15) is 65.0 Å². The fraction of sp³-hybridized carbons (Fsp3) is 0.333. The monoisotopic (exact) mass is 1150 g/mol. The number of hydrogen-bond acceptors (Lipinski definition) is 16. The zero-order valence-electron chi connectivity index (χ0n) is 45.2. The molecular formula is C60H58ClF2N11O7S. The quantitative estimate of drug-likeness (QED) is 0.0554. The van der Waals surface area contributed by atoms with Gasteiger partial charge in [-0.05, 0) is 66.4 Å². The maximum Gasteiger partial charge on any atom is 0.319 e. The minimum absolute atomic E-state index is 0.0102. The molecule has 6 heterocycles. The minimum Gasteiger partial charge on any atom is -0.486 e. The van der Waals surface area contributed by atoms with E-state index in [-0.39, 0.29) is 88.1 Å². The van der Waals surface area contributed by atoms with Crippen molar-refractivity contribution in [2.45, 2.75) is 82.6 Å². The number of amides is 2. The van der Waals surface area contributed by atoms with Gasteiger partial charge in [-0.15, -0.1) is 16.4 Å². The largest absolute Gasteiger partial charge is 0.486 e. The number of likely N-dealkylation sites (tertiary alicyclic amines) is 1. The summed E-state index contributed by atoms with van der Waals surface area (Å²) in [4.78, 5) is 46.2. The number of thiophene rings is 1. The number of aliphatic imine (C=N–C) groups is 1. The zero-order chi connectivity index (χ0) is 57.5. The second-order valence-corrected chi connectivity index (χ2v) is 22.6. The number of anilines is 1. The number of aliphatic hydroxyl groups excluding tert-OH is 2. The Bertz CT molecular complexity index is 3780. The van der Waals surface area contributed by atoms with Gasteiger partial charge >= 0.3 is 6.01 Å². The van der Waals surface area contributed by atoms with Crippen LogP contribution in [0.25, 0.3) is 54.5 Å². The second-order valence-electron chi connectivity index (χ2n) is 21.1. The zero-order valence-corrected chi connectivity index (χ0v) is 46.8. The third-order valence-corrected chi connectivity index (χ3v) is 16.9. The van der Waals surface area contributed by atoms with Crippen LogP contribution in [0.3, 0.4) is 0 Å². The highest BCUT2D eigenvalue weighted by Gasteiger charge is 2.44. The average Bonchev–Trinajstić information content (AvgIpc) is 4.47. The molecule has 3 aliphatic heterocycles. The van der Waals surface area contributed by atoms with Gasteiger partial charge in [0.25, 0.3) is 0 Å². The normalized spacial score (nSPS) is 18.7. The first-order valence-electron chi connectivity index (χ1n) is 26.9. The second kappa shape index (κ2) is 23.5. The van der Waals surface area contributed by atoms with Crippen molar-refractivity contribution in [3.8, 4) is 51.3 Å². The molecule has 0 unspecified atom stereocenters. The van der Waals surface area contributed by atoms with Crippen LogP contribution in [0.5, 0.6) is 11.8 Å². The van der Waals surface area contributed by atoms with Crippen molar-refractivity contribution in [2.75, 3.05) is 44.9 Å². The summed E-state index contributed by atoms with van der Waals surface area (Å²) in [7, 11) is 1.59. The number of carbonyl (C=O) groups excluding carboxylic acids is 2. The number of rotatable bonds is 19. The van der Waals surface area contributed by atoms with Gasteiger partial charge in [0.05, 0.1) is 46.3 Å². The van der Waals surface area contributed by atoms with Gasteiger partial charge in [-0.1, -0.05) is 103 Å². The van der Waals surface area contributed by atoms with Crippen LogP contribution in [-0.2, 0) is 20.9 Å². The Morgan fingerprint density at radius 1 is 0.988 bits per heavy atom. The number of nitriles is 1. The predicted octanol–water partition coefficient (Wildman–Crippen LogP) is 9.12. The number of ether oxygens (including phenoxy) is 3. The first-order chi connectivity index (χ1) is 39.7. The third-order valence-electron chi connectivity index (χ3n) is 15.5.